The van der Waals surface area contributed by atoms with E-state index in [9.17, 15) is 4.79 Å². The molecular weight excluding hydrogens is 296 g/mol. The molecule has 1 saturated heterocycles. The van der Waals surface area contributed by atoms with Gasteiger partial charge >= 0.3 is 0 Å². The second-order valence-corrected chi connectivity index (χ2v) is 6.00. The Bertz CT molecular complexity index is 645. The summed E-state index contributed by atoms with van der Waals surface area (Å²) in [5.74, 6) is 0.131. The van der Waals surface area contributed by atoms with Gasteiger partial charge in [0.1, 0.15) is 0 Å². The maximum Gasteiger partial charge on any atom is 0.225 e. The van der Waals surface area contributed by atoms with Crippen LogP contribution in [-0.4, -0.2) is 19.0 Å². The van der Waals surface area contributed by atoms with E-state index in [1.54, 1.807) is 0 Å². The molecule has 0 saturated carbocycles. The molecule has 1 amide bonds. The molecular formula is C18H19ClN2O. The van der Waals surface area contributed by atoms with Crippen LogP contribution < -0.4 is 10.6 Å². The second-order valence-electron chi connectivity index (χ2n) is 5.60. The van der Waals surface area contributed by atoms with Gasteiger partial charge in [-0.25, -0.2) is 0 Å². The van der Waals surface area contributed by atoms with Crippen molar-refractivity contribution in [1.29, 1.82) is 0 Å². The molecule has 0 spiro atoms. The van der Waals surface area contributed by atoms with Crippen LogP contribution in [0.1, 0.15) is 17.0 Å². The molecule has 2 aromatic carbocycles. The highest BCUT2D eigenvalue weighted by atomic mass is 35.5. The lowest BCUT2D eigenvalue weighted by Crippen LogP contribution is -2.34. The van der Waals surface area contributed by atoms with Crippen molar-refractivity contribution in [2.45, 2.75) is 12.5 Å². The maximum absolute atomic E-state index is 12.5. The minimum absolute atomic E-state index is 0.0800. The molecule has 3 rings (SSSR count). The van der Waals surface area contributed by atoms with E-state index in [-0.39, 0.29) is 17.7 Å². The molecule has 0 aromatic heterocycles. The minimum atomic E-state index is -0.0800. The molecule has 0 radical (unpaired) electrons. The van der Waals surface area contributed by atoms with Crippen LogP contribution in [0.3, 0.4) is 0 Å². The van der Waals surface area contributed by atoms with Crippen LogP contribution in [0.2, 0.25) is 5.02 Å². The molecule has 4 heteroatoms. The van der Waals surface area contributed by atoms with Crippen molar-refractivity contribution in [2.75, 3.05) is 13.1 Å². The van der Waals surface area contributed by atoms with Crippen LogP contribution in [0.15, 0.2) is 54.6 Å². The van der Waals surface area contributed by atoms with Crippen molar-refractivity contribution in [3.63, 3.8) is 0 Å². The summed E-state index contributed by atoms with van der Waals surface area (Å²) >= 11 is 6.29. The fourth-order valence-electron chi connectivity index (χ4n) is 2.97. The number of rotatable bonds is 4. The Kier molecular flexibility index (Phi) is 4.76. The fraction of sp³-hybridized carbons (Fsp3) is 0.278. The first-order valence-corrected chi connectivity index (χ1v) is 7.90. The molecule has 1 aliphatic rings. The minimum Gasteiger partial charge on any atom is -0.352 e. The summed E-state index contributed by atoms with van der Waals surface area (Å²) in [6.45, 7) is 2.04. The van der Waals surface area contributed by atoms with Gasteiger partial charge in [-0.05, 0) is 17.2 Å². The number of hydrogen-bond donors (Lipinski definition) is 2. The monoisotopic (exact) mass is 314 g/mol. The van der Waals surface area contributed by atoms with Gasteiger partial charge in [0.25, 0.3) is 0 Å². The van der Waals surface area contributed by atoms with E-state index in [4.69, 9.17) is 11.6 Å². The number of nitrogens with one attached hydrogen (secondary N) is 2. The number of carbonyl (C=O) groups is 1. The Morgan fingerprint density at radius 2 is 1.82 bits per heavy atom. The molecule has 22 heavy (non-hydrogen) atoms. The number of carbonyl (C=O) groups excluding carboxylic acids is 1. The van der Waals surface area contributed by atoms with E-state index in [0.717, 1.165) is 22.7 Å². The third kappa shape index (κ3) is 3.32. The largest absolute Gasteiger partial charge is 0.352 e. The van der Waals surface area contributed by atoms with Crippen LogP contribution in [0.5, 0.6) is 0 Å². The van der Waals surface area contributed by atoms with Crippen molar-refractivity contribution < 1.29 is 4.79 Å². The van der Waals surface area contributed by atoms with Crippen molar-refractivity contribution >= 4 is 17.5 Å². The van der Waals surface area contributed by atoms with Crippen LogP contribution in [0.25, 0.3) is 0 Å². The zero-order chi connectivity index (χ0) is 15.4. The Balaban J connectivity index is 1.68. The van der Waals surface area contributed by atoms with Crippen molar-refractivity contribution in [3.8, 4) is 0 Å². The fourth-order valence-corrected chi connectivity index (χ4v) is 3.25. The summed E-state index contributed by atoms with van der Waals surface area (Å²) in [5.41, 5.74) is 2.16. The highest BCUT2D eigenvalue weighted by Gasteiger charge is 2.34. The smallest absolute Gasteiger partial charge is 0.225 e. The van der Waals surface area contributed by atoms with Gasteiger partial charge in [0.2, 0.25) is 5.91 Å². The Morgan fingerprint density at radius 1 is 1.09 bits per heavy atom. The summed E-state index contributed by atoms with van der Waals surface area (Å²) in [6.07, 6.45) is 0. The first-order valence-electron chi connectivity index (χ1n) is 7.52. The number of hydrogen-bond acceptors (Lipinski definition) is 2. The van der Waals surface area contributed by atoms with Crippen LogP contribution >= 0.6 is 11.6 Å². The zero-order valence-electron chi connectivity index (χ0n) is 12.3. The molecule has 2 N–H and O–H groups in total. The first-order chi connectivity index (χ1) is 10.8. The molecule has 1 heterocycles. The predicted octanol–water partition coefficient (Wildman–Crippen LogP) is 2.96. The zero-order valence-corrected chi connectivity index (χ0v) is 13.0. The average molecular weight is 315 g/mol. The SMILES string of the molecule is O=C(NCc1ccccc1)[C@@H]1CNC[C@H]1c1ccccc1Cl. The van der Waals surface area contributed by atoms with E-state index < -0.39 is 0 Å². The van der Waals surface area contributed by atoms with Gasteiger partial charge in [-0.15, -0.1) is 0 Å². The van der Waals surface area contributed by atoms with E-state index in [1.807, 2.05) is 54.6 Å². The Morgan fingerprint density at radius 3 is 2.59 bits per heavy atom. The topological polar surface area (TPSA) is 41.1 Å². The molecule has 0 aliphatic carbocycles. The molecule has 2 atom stereocenters. The second kappa shape index (κ2) is 6.95. The van der Waals surface area contributed by atoms with E-state index >= 15 is 0 Å². The van der Waals surface area contributed by atoms with Gasteiger partial charge < -0.3 is 10.6 Å². The van der Waals surface area contributed by atoms with Gasteiger partial charge in [0, 0.05) is 30.6 Å². The highest BCUT2D eigenvalue weighted by Crippen LogP contribution is 2.32. The molecule has 2 aromatic rings. The van der Waals surface area contributed by atoms with Crippen molar-refractivity contribution in [1.82, 2.24) is 10.6 Å². The standard InChI is InChI=1S/C18H19ClN2O/c19-17-9-5-4-8-14(17)15-11-20-12-16(15)18(22)21-10-13-6-2-1-3-7-13/h1-9,15-16,20H,10-12H2,(H,21,22)/t15-,16+/m0/s1. The van der Waals surface area contributed by atoms with Crippen LogP contribution in [0.4, 0.5) is 0 Å². The van der Waals surface area contributed by atoms with Gasteiger partial charge in [0.05, 0.1) is 5.92 Å². The van der Waals surface area contributed by atoms with Crippen LogP contribution in [0, 0.1) is 5.92 Å². The van der Waals surface area contributed by atoms with Crippen molar-refractivity contribution in [3.05, 3.63) is 70.7 Å². The van der Waals surface area contributed by atoms with Crippen molar-refractivity contribution in [2.24, 2.45) is 5.92 Å². The van der Waals surface area contributed by atoms with Gasteiger partial charge in [-0.2, -0.15) is 0 Å². The summed E-state index contributed by atoms with van der Waals surface area (Å²) in [5, 5.41) is 7.08. The normalized spacial score (nSPS) is 20.8. The summed E-state index contributed by atoms with van der Waals surface area (Å²) in [7, 11) is 0. The Labute approximate surface area is 135 Å². The summed E-state index contributed by atoms with van der Waals surface area (Å²) in [4.78, 5) is 12.5. The number of halogens is 1. The lowest BCUT2D eigenvalue weighted by atomic mass is 9.88. The lowest BCUT2D eigenvalue weighted by molar-refractivity contribution is -0.125. The predicted molar refractivity (Wildman–Crippen MR) is 88.8 cm³/mol. The van der Waals surface area contributed by atoms with E-state index in [1.165, 1.54) is 0 Å². The third-order valence-corrected chi connectivity index (χ3v) is 4.51. The van der Waals surface area contributed by atoms with Gasteiger partial charge in [-0.3, -0.25) is 4.79 Å². The summed E-state index contributed by atoms with van der Waals surface area (Å²) < 4.78 is 0. The molecule has 0 bridgehead atoms. The quantitative estimate of drug-likeness (QED) is 0.911. The van der Waals surface area contributed by atoms with Gasteiger partial charge in [0.15, 0.2) is 0 Å². The molecule has 1 fully saturated rings. The molecule has 0 unspecified atom stereocenters. The maximum atomic E-state index is 12.5. The highest BCUT2D eigenvalue weighted by molar-refractivity contribution is 6.31. The van der Waals surface area contributed by atoms with Crippen LogP contribution in [-0.2, 0) is 11.3 Å². The van der Waals surface area contributed by atoms with E-state index in [0.29, 0.717) is 13.1 Å². The van der Waals surface area contributed by atoms with E-state index in [2.05, 4.69) is 10.6 Å². The third-order valence-electron chi connectivity index (χ3n) is 4.17. The molecule has 114 valence electrons. The first kappa shape index (κ1) is 15.1. The Hall–Kier alpha value is -1.84. The average Bonchev–Trinajstić information content (AvgIpc) is 3.03. The lowest BCUT2D eigenvalue weighted by Gasteiger charge is -2.19. The van der Waals surface area contributed by atoms with Gasteiger partial charge in [-0.1, -0.05) is 60.1 Å². The molecule has 1 aliphatic heterocycles. The summed E-state index contributed by atoms with van der Waals surface area (Å²) in [6, 6.07) is 17.7. The number of benzene rings is 2. The number of amides is 1. The molecule has 3 nitrogen and oxygen atoms in total.